The minimum absolute atomic E-state index is 0.0872. The number of rotatable bonds is 5. The maximum Gasteiger partial charge on any atom is 0.265 e. The number of hydrogen-bond donors (Lipinski definition) is 1. The minimum atomic E-state index is -3.72. The summed E-state index contributed by atoms with van der Waals surface area (Å²) in [5, 5.41) is 0. The van der Waals surface area contributed by atoms with Gasteiger partial charge in [0.15, 0.2) is 0 Å². The maximum atomic E-state index is 12.4. The third kappa shape index (κ3) is 3.43. The number of aromatic nitrogens is 1. The van der Waals surface area contributed by atoms with Crippen LogP contribution in [0, 0.1) is 0 Å². The molecule has 6 nitrogen and oxygen atoms in total. The second kappa shape index (κ2) is 6.01. The quantitative estimate of drug-likeness (QED) is 0.914. The Morgan fingerprint density at radius 3 is 2.43 bits per heavy atom. The van der Waals surface area contributed by atoms with E-state index in [1.54, 1.807) is 30.3 Å². The summed E-state index contributed by atoms with van der Waals surface area (Å²) < 4.78 is 32.3. The van der Waals surface area contributed by atoms with Crippen molar-refractivity contribution in [3.63, 3.8) is 0 Å². The summed E-state index contributed by atoms with van der Waals surface area (Å²) in [6.07, 6.45) is 1.47. The van der Waals surface area contributed by atoms with Crippen molar-refractivity contribution >= 4 is 21.5 Å². The lowest BCUT2D eigenvalue weighted by atomic mass is 10.3. The molecular weight excluding hydrogens is 290 g/mol. The van der Waals surface area contributed by atoms with Gasteiger partial charge in [0.05, 0.1) is 19.0 Å². The van der Waals surface area contributed by atoms with Crippen molar-refractivity contribution in [2.24, 2.45) is 0 Å². The number of sulfonamides is 1. The minimum Gasteiger partial charge on any atom is -0.495 e. The van der Waals surface area contributed by atoms with Crippen molar-refractivity contribution in [3.8, 4) is 5.75 Å². The van der Waals surface area contributed by atoms with Crippen molar-refractivity contribution < 1.29 is 13.2 Å². The van der Waals surface area contributed by atoms with Crippen LogP contribution in [0.4, 0.5) is 11.5 Å². The number of para-hydroxylation sites is 1. The van der Waals surface area contributed by atoms with Gasteiger partial charge in [0.25, 0.3) is 10.0 Å². The highest BCUT2D eigenvalue weighted by molar-refractivity contribution is 7.92. The highest BCUT2D eigenvalue weighted by Gasteiger charge is 2.19. The topological polar surface area (TPSA) is 71.5 Å². The summed E-state index contributed by atoms with van der Waals surface area (Å²) in [6, 6.07) is 9.84. The van der Waals surface area contributed by atoms with Crippen LogP contribution < -0.4 is 14.4 Å². The maximum absolute atomic E-state index is 12.4. The van der Waals surface area contributed by atoms with Crippen LogP contribution in [0.25, 0.3) is 0 Å². The third-order valence-corrected chi connectivity index (χ3v) is 4.24. The zero-order chi connectivity index (χ0) is 15.5. The third-order valence-electron chi connectivity index (χ3n) is 2.82. The van der Waals surface area contributed by atoms with E-state index in [1.165, 1.54) is 19.4 Å². The lowest BCUT2D eigenvalue weighted by molar-refractivity contribution is 0.403. The molecule has 0 atom stereocenters. The van der Waals surface area contributed by atoms with E-state index in [2.05, 4.69) is 9.71 Å². The molecule has 7 heteroatoms. The lowest BCUT2D eigenvalue weighted by Gasteiger charge is -2.13. The van der Waals surface area contributed by atoms with Crippen molar-refractivity contribution in [1.82, 2.24) is 4.98 Å². The summed E-state index contributed by atoms with van der Waals surface area (Å²) >= 11 is 0. The Morgan fingerprint density at radius 1 is 1.14 bits per heavy atom. The summed E-state index contributed by atoms with van der Waals surface area (Å²) in [5.41, 5.74) is 0.395. The smallest absolute Gasteiger partial charge is 0.265 e. The molecule has 0 aliphatic heterocycles. The van der Waals surface area contributed by atoms with Gasteiger partial charge in [0.1, 0.15) is 16.5 Å². The van der Waals surface area contributed by atoms with Crippen LogP contribution in [-0.4, -0.2) is 34.6 Å². The first-order chi connectivity index (χ1) is 9.94. The SMILES string of the molecule is COc1ccccc1S(=O)(=O)Nc1ccc(N(C)C)nc1. The molecule has 0 aliphatic carbocycles. The Morgan fingerprint density at radius 2 is 1.86 bits per heavy atom. The fourth-order valence-electron chi connectivity index (χ4n) is 1.76. The summed E-state index contributed by atoms with van der Waals surface area (Å²) in [4.78, 5) is 6.09. The van der Waals surface area contributed by atoms with Crippen LogP contribution in [0.1, 0.15) is 0 Å². The van der Waals surface area contributed by atoms with E-state index in [0.717, 1.165) is 5.82 Å². The molecule has 0 saturated heterocycles. The number of nitrogens with zero attached hydrogens (tertiary/aromatic N) is 2. The molecule has 2 aromatic rings. The van der Waals surface area contributed by atoms with E-state index in [1.807, 2.05) is 19.0 Å². The Bertz CT molecular complexity index is 712. The summed E-state index contributed by atoms with van der Waals surface area (Å²) in [6.45, 7) is 0. The van der Waals surface area contributed by atoms with E-state index in [4.69, 9.17) is 4.74 Å². The van der Waals surface area contributed by atoms with E-state index >= 15 is 0 Å². The van der Waals surface area contributed by atoms with Gasteiger partial charge in [0.2, 0.25) is 0 Å². The number of benzene rings is 1. The molecule has 21 heavy (non-hydrogen) atoms. The van der Waals surface area contributed by atoms with Gasteiger partial charge in [-0.05, 0) is 24.3 Å². The average molecular weight is 307 g/mol. The van der Waals surface area contributed by atoms with Crippen LogP contribution >= 0.6 is 0 Å². The van der Waals surface area contributed by atoms with Crippen molar-refractivity contribution in [2.45, 2.75) is 4.90 Å². The van der Waals surface area contributed by atoms with Crippen LogP contribution in [0.2, 0.25) is 0 Å². The molecule has 0 saturated carbocycles. The van der Waals surface area contributed by atoms with E-state index in [0.29, 0.717) is 11.4 Å². The molecule has 0 aliphatic rings. The van der Waals surface area contributed by atoms with Gasteiger partial charge in [-0.2, -0.15) is 0 Å². The van der Waals surface area contributed by atoms with Crippen molar-refractivity contribution in [1.29, 1.82) is 0 Å². The first-order valence-corrected chi connectivity index (χ1v) is 7.71. The number of methoxy groups -OCH3 is 1. The summed E-state index contributed by atoms with van der Waals surface area (Å²) in [5.74, 6) is 1.04. The molecule has 112 valence electrons. The zero-order valence-electron chi connectivity index (χ0n) is 12.1. The number of anilines is 2. The van der Waals surface area contributed by atoms with Crippen molar-refractivity contribution in [2.75, 3.05) is 30.8 Å². The molecule has 0 amide bonds. The molecule has 1 aromatic heterocycles. The van der Waals surface area contributed by atoms with Gasteiger partial charge >= 0.3 is 0 Å². The average Bonchev–Trinajstić information content (AvgIpc) is 2.47. The Kier molecular flexibility index (Phi) is 4.32. The monoisotopic (exact) mass is 307 g/mol. The Labute approximate surface area is 124 Å². The number of nitrogens with one attached hydrogen (secondary N) is 1. The van der Waals surface area contributed by atoms with Crippen molar-refractivity contribution in [3.05, 3.63) is 42.6 Å². The zero-order valence-corrected chi connectivity index (χ0v) is 12.9. The van der Waals surface area contributed by atoms with Gasteiger partial charge < -0.3 is 9.64 Å². The molecule has 1 heterocycles. The van der Waals surface area contributed by atoms with Crippen LogP contribution in [-0.2, 0) is 10.0 Å². The Balaban J connectivity index is 2.29. The van der Waals surface area contributed by atoms with Crippen LogP contribution in [0.15, 0.2) is 47.5 Å². The van der Waals surface area contributed by atoms with Gasteiger partial charge in [-0.3, -0.25) is 4.72 Å². The largest absolute Gasteiger partial charge is 0.495 e. The van der Waals surface area contributed by atoms with Crippen LogP contribution in [0.3, 0.4) is 0 Å². The van der Waals surface area contributed by atoms with Gasteiger partial charge in [-0.25, -0.2) is 13.4 Å². The first-order valence-electron chi connectivity index (χ1n) is 6.23. The predicted molar refractivity (Wildman–Crippen MR) is 82.4 cm³/mol. The molecule has 0 unspecified atom stereocenters. The molecule has 0 spiro atoms. The molecule has 1 N–H and O–H groups in total. The van der Waals surface area contributed by atoms with E-state index in [-0.39, 0.29) is 4.90 Å². The van der Waals surface area contributed by atoms with Gasteiger partial charge in [-0.15, -0.1) is 0 Å². The Hall–Kier alpha value is -2.28. The fourth-order valence-corrected chi connectivity index (χ4v) is 2.98. The van der Waals surface area contributed by atoms with Gasteiger partial charge in [-0.1, -0.05) is 12.1 Å². The highest BCUT2D eigenvalue weighted by atomic mass is 32.2. The van der Waals surface area contributed by atoms with Gasteiger partial charge in [0, 0.05) is 14.1 Å². The number of hydrogen-bond acceptors (Lipinski definition) is 5. The molecule has 0 radical (unpaired) electrons. The molecule has 1 aromatic carbocycles. The predicted octanol–water partition coefficient (Wildman–Crippen LogP) is 1.96. The van der Waals surface area contributed by atoms with E-state index < -0.39 is 10.0 Å². The van der Waals surface area contributed by atoms with Crippen LogP contribution in [0.5, 0.6) is 5.75 Å². The van der Waals surface area contributed by atoms with E-state index in [9.17, 15) is 8.42 Å². The number of pyridine rings is 1. The summed E-state index contributed by atoms with van der Waals surface area (Å²) in [7, 11) is 1.44. The molecule has 0 bridgehead atoms. The number of ether oxygens (including phenoxy) is 1. The second-order valence-corrected chi connectivity index (χ2v) is 6.21. The fraction of sp³-hybridized carbons (Fsp3) is 0.214. The molecule has 0 fully saturated rings. The first kappa shape index (κ1) is 15.1. The lowest BCUT2D eigenvalue weighted by Crippen LogP contribution is -2.15. The standard InChI is InChI=1S/C14H17N3O3S/c1-17(2)14-9-8-11(10-15-14)16-21(18,19)13-7-5-4-6-12(13)20-3/h4-10,16H,1-3H3. The molecule has 2 rings (SSSR count). The second-order valence-electron chi connectivity index (χ2n) is 4.56. The molecular formula is C14H17N3O3S. The normalized spacial score (nSPS) is 11.0. The highest BCUT2D eigenvalue weighted by Crippen LogP contribution is 2.25.